The highest BCUT2D eigenvalue weighted by Gasteiger charge is 2.34. The van der Waals surface area contributed by atoms with Crippen molar-refractivity contribution in [1.82, 2.24) is 4.57 Å². The zero-order valence-electron chi connectivity index (χ0n) is 19.5. The molecule has 1 aliphatic rings. The zero-order chi connectivity index (χ0) is 24.1. The van der Waals surface area contributed by atoms with Gasteiger partial charge in [0.05, 0.1) is 17.9 Å². The predicted molar refractivity (Wildman–Crippen MR) is 124 cm³/mol. The molecule has 1 aliphatic heterocycles. The van der Waals surface area contributed by atoms with Gasteiger partial charge >= 0.3 is 5.97 Å². The quantitative estimate of drug-likeness (QED) is 0.607. The van der Waals surface area contributed by atoms with Crippen LogP contribution in [0.3, 0.4) is 0 Å². The maximum atomic E-state index is 15.2. The first-order chi connectivity index (χ1) is 15.5. The van der Waals surface area contributed by atoms with Gasteiger partial charge in [0.25, 0.3) is 5.56 Å². The Hall–Kier alpha value is -3.19. The van der Waals surface area contributed by atoms with Crippen LogP contribution in [-0.4, -0.2) is 27.9 Å². The van der Waals surface area contributed by atoms with E-state index in [9.17, 15) is 14.7 Å². The van der Waals surface area contributed by atoms with E-state index in [2.05, 4.69) is 0 Å². The van der Waals surface area contributed by atoms with E-state index in [1.165, 1.54) is 17.7 Å². The van der Waals surface area contributed by atoms with E-state index in [4.69, 9.17) is 9.47 Å². The number of hydrogen-bond donors (Lipinski definition) is 1. The molecular formula is C26H28FNO5. The Labute approximate surface area is 191 Å². The number of hydrogen-bond acceptors (Lipinski definition) is 4. The summed E-state index contributed by atoms with van der Waals surface area (Å²) in [5.41, 5.74) is 1.62. The number of carbonyl (C=O) groups is 1. The molecule has 0 bridgehead atoms. The number of rotatable bonds is 4. The predicted octanol–water partition coefficient (Wildman–Crippen LogP) is 4.92. The second kappa shape index (κ2) is 8.30. The highest BCUT2D eigenvalue weighted by molar-refractivity contribution is 5.99. The molecule has 2 aromatic carbocycles. The fourth-order valence-electron chi connectivity index (χ4n) is 4.57. The summed E-state index contributed by atoms with van der Waals surface area (Å²) in [4.78, 5) is 25.6. The van der Waals surface area contributed by atoms with E-state index < -0.39 is 23.5 Å². The number of pyridine rings is 1. The molecule has 0 fully saturated rings. The summed E-state index contributed by atoms with van der Waals surface area (Å²) in [7, 11) is 1.53. The summed E-state index contributed by atoms with van der Waals surface area (Å²) in [6.45, 7) is 7.60. The van der Waals surface area contributed by atoms with Gasteiger partial charge in [-0.1, -0.05) is 18.2 Å². The first kappa shape index (κ1) is 23.0. The number of halogens is 1. The Morgan fingerprint density at radius 1 is 1.24 bits per heavy atom. The van der Waals surface area contributed by atoms with Gasteiger partial charge in [0.1, 0.15) is 0 Å². The molecule has 2 heterocycles. The van der Waals surface area contributed by atoms with Gasteiger partial charge in [-0.15, -0.1) is 0 Å². The largest absolute Gasteiger partial charge is 0.490 e. The van der Waals surface area contributed by atoms with Gasteiger partial charge in [0, 0.05) is 23.6 Å². The lowest BCUT2D eigenvalue weighted by Gasteiger charge is -2.29. The number of ether oxygens (including phenoxy) is 2. The smallest absolute Gasteiger partial charge is 0.339 e. The fourth-order valence-corrected chi connectivity index (χ4v) is 4.57. The molecule has 1 N–H and O–H groups in total. The van der Waals surface area contributed by atoms with Crippen molar-refractivity contribution in [2.24, 2.45) is 7.05 Å². The van der Waals surface area contributed by atoms with Crippen LogP contribution >= 0.6 is 0 Å². The molecule has 1 unspecified atom stereocenters. The van der Waals surface area contributed by atoms with Gasteiger partial charge in [-0.2, -0.15) is 0 Å². The number of fused-ring (bicyclic) bond motifs is 2. The molecule has 7 heteroatoms. The molecule has 0 aliphatic carbocycles. The molecule has 4 rings (SSSR count). The maximum Gasteiger partial charge on any atom is 0.339 e. The highest BCUT2D eigenvalue weighted by atomic mass is 19.1. The standard InChI is InChI=1S/C26H28FNO5/c1-14-15-11-8-12-32-22(15)19(27)13-18(14)20-16-9-6-7-10-17(16)24(29)28(5)21(20)23(25(30)31)33-26(2,3)4/h6-7,9-10,13,23H,8,11-12H2,1-5H3,(H,30,31). The second-order valence-electron chi connectivity index (χ2n) is 9.41. The van der Waals surface area contributed by atoms with Crippen LogP contribution in [-0.2, 0) is 23.0 Å². The first-order valence-electron chi connectivity index (χ1n) is 11.0. The Morgan fingerprint density at radius 2 is 1.91 bits per heavy atom. The van der Waals surface area contributed by atoms with Gasteiger partial charge < -0.3 is 19.1 Å². The molecule has 174 valence electrons. The van der Waals surface area contributed by atoms with Crippen LogP contribution in [0.25, 0.3) is 21.9 Å². The normalized spacial score (nSPS) is 14.6. The summed E-state index contributed by atoms with van der Waals surface area (Å²) < 4.78 is 28.0. The van der Waals surface area contributed by atoms with Crippen molar-refractivity contribution >= 4 is 16.7 Å². The van der Waals surface area contributed by atoms with Gasteiger partial charge in [-0.3, -0.25) is 4.79 Å². The molecular weight excluding hydrogens is 425 g/mol. The van der Waals surface area contributed by atoms with E-state index in [0.717, 1.165) is 17.5 Å². The minimum Gasteiger partial charge on any atom is -0.490 e. The first-order valence-corrected chi connectivity index (χ1v) is 11.0. The van der Waals surface area contributed by atoms with Gasteiger partial charge in [0.15, 0.2) is 17.7 Å². The maximum absolute atomic E-state index is 15.2. The van der Waals surface area contributed by atoms with Crippen LogP contribution in [0.15, 0.2) is 35.1 Å². The lowest BCUT2D eigenvalue weighted by Crippen LogP contribution is -2.33. The molecule has 0 radical (unpaired) electrons. The molecule has 6 nitrogen and oxygen atoms in total. The number of carboxylic acid groups (broad SMARTS) is 1. The molecule has 3 aromatic rings. The van der Waals surface area contributed by atoms with Crippen molar-refractivity contribution in [2.75, 3.05) is 6.61 Å². The fraction of sp³-hybridized carbons (Fsp3) is 0.385. The average Bonchev–Trinajstić information content (AvgIpc) is 2.77. The molecule has 0 spiro atoms. The van der Waals surface area contributed by atoms with Crippen molar-refractivity contribution in [1.29, 1.82) is 0 Å². The van der Waals surface area contributed by atoms with Crippen molar-refractivity contribution in [2.45, 2.75) is 52.2 Å². The SMILES string of the molecule is Cc1c(-c2c(C(OC(C)(C)C)C(=O)O)n(C)c(=O)c3ccccc23)cc(F)c2c1CCCO2. The monoisotopic (exact) mass is 453 g/mol. The van der Waals surface area contributed by atoms with Crippen LogP contribution in [0.5, 0.6) is 5.75 Å². The number of carboxylic acids is 1. The Morgan fingerprint density at radius 3 is 2.55 bits per heavy atom. The van der Waals surface area contributed by atoms with Crippen molar-refractivity contribution in [3.05, 3.63) is 63.3 Å². The highest BCUT2D eigenvalue weighted by Crippen LogP contribution is 2.42. The van der Waals surface area contributed by atoms with Crippen molar-refractivity contribution in [3.63, 3.8) is 0 Å². The third kappa shape index (κ3) is 4.02. The third-order valence-electron chi connectivity index (χ3n) is 6.00. The van der Waals surface area contributed by atoms with E-state index in [0.29, 0.717) is 34.9 Å². The Balaban J connectivity index is 2.16. The second-order valence-corrected chi connectivity index (χ2v) is 9.41. The van der Waals surface area contributed by atoms with Crippen LogP contribution in [0.4, 0.5) is 4.39 Å². The van der Waals surface area contributed by atoms with Crippen molar-refractivity contribution < 1.29 is 23.8 Å². The molecule has 0 saturated carbocycles. The summed E-state index contributed by atoms with van der Waals surface area (Å²) >= 11 is 0. The summed E-state index contributed by atoms with van der Waals surface area (Å²) in [5.74, 6) is -1.48. The molecule has 1 aromatic heterocycles. The lowest BCUT2D eigenvalue weighted by atomic mass is 9.87. The lowest BCUT2D eigenvalue weighted by molar-refractivity contribution is -0.161. The number of aliphatic carboxylic acids is 1. The minimum atomic E-state index is -1.43. The molecule has 33 heavy (non-hydrogen) atoms. The minimum absolute atomic E-state index is 0.181. The third-order valence-corrected chi connectivity index (χ3v) is 6.00. The van der Waals surface area contributed by atoms with E-state index in [1.807, 2.05) is 6.92 Å². The Kier molecular flexibility index (Phi) is 5.78. The molecule has 0 saturated heterocycles. The summed E-state index contributed by atoms with van der Waals surface area (Å²) in [6.07, 6.45) is -0.00838. The molecule has 0 amide bonds. The topological polar surface area (TPSA) is 77.8 Å². The average molecular weight is 454 g/mol. The van der Waals surface area contributed by atoms with Gasteiger partial charge in [0.2, 0.25) is 0 Å². The van der Waals surface area contributed by atoms with E-state index in [-0.39, 0.29) is 17.0 Å². The summed E-state index contributed by atoms with van der Waals surface area (Å²) in [6, 6.07) is 8.37. The van der Waals surface area contributed by atoms with E-state index in [1.54, 1.807) is 45.0 Å². The Bertz CT molecular complexity index is 1320. The van der Waals surface area contributed by atoms with Gasteiger partial charge in [-0.25, -0.2) is 9.18 Å². The summed E-state index contributed by atoms with van der Waals surface area (Å²) in [5, 5.41) is 11.1. The van der Waals surface area contributed by atoms with Crippen LogP contribution in [0.1, 0.15) is 50.1 Å². The van der Waals surface area contributed by atoms with Crippen LogP contribution in [0.2, 0.25) is 0 Å². The zero-order valence-corrected chi connectivity index (χ0v) is 19.5. The van der Waals surface area contributed by atoms with Crippen LogP contribution in [0, 0.1) is 12.7 Å². The number of nitrogens with zero attached hydrogens (tertiary/aromatic N) is 1. The van der Waals surface area contributed by atoms with E-state index >= 15 is 4.39 Å². The van der Waals surface area contributed by atoms with Crippen LogP contribution < -0.4 is 10.3 Å². The van der Waals surface area contributed by atoms with Gasteiger partial charge in [-0.05, 0) is 69.2 Å². The number of benzene rings is 2. The molecule has 1 atom stereocenters. The van der Waals surface area contributed by atoms with Crippen molar-refractivity contribution in [3.8, 4) is 16.9 Å². The number of aromatic nitrogens is 1.